The van der Waals surface area contributed by atoms with Gasteiger partial charge in [0.2, 0.25) is 0 Å². The Kier molecular flexibility index (Phi) is 5.26. The highest BCUT2D eigenvalue weighted by atomic mass is 32.2. The van der Waals surface area contributed by atoms with Gasteiger partial charge in [0, 0.05) is 19.1 Å². The molecule has 116 valence electrons. The van der Waals surface area contributed by atoms with Crippen LogP contribution in [0, 0.1) is 0 Å². The van der Waals surface area contributed by atoms with Gasteiger partial charge in [-0.25, -0.2) is 8.42 Å². The summed E-state index contributed by atoms with van der Waals surface area (Å²) in [6, 6.07) is 6.62. The number of rotatable bonds is 5. The van der Waals surface area contributed by atoms with Crippen LogP contribution in [0.25, 0.3) is 0 Å². The zero-order chi connectivity index (χ0) is 15.5. The van der Waals surface area contributed by atoms with Gasteiger partial charge in [0.25, 0.3) is 0 Å². The van der Waals surface area contributed by atoms with Crippen LogP contribution in [0.5, 0.6) is 5.75 Å². The summed E-state index contributed by atoms with van der Waals surface area (Å²) in [7, 11) is -4.41. The summed E-state index contributed by atoms with van der Waals surface area (Å²) in [5, 5.41) is 18.2. The molecule has 21 heavy (non-hydrogen) atoms. The Morgan fingerprint density at radius 3 is 2.86 bits per heavy atom. The van der Waals surface area contributed by atoms with Crippen molar-refractivity contribution in [3.63, 3.8) is 0 Å². The lowest BCUT2D eigenvalue weighted by Crippen LogP contribution is -2.48. The zero-order valence-corrected chi connectivity index (χ0v) is 12.8. The lowest BCUT2D eigenvalue weighted by atomic mass is 9.80. The molecule has 1 atom stereocenters. The standard InChI is InChI=1S/C13H20BNO5S/c1-11-10-21(18,19)8-6-15(11)5-7-20-13-4-2-3-12(9-13)14(16)17/h2-4,9,11,16-17H,5-8,10H2,1H3. The minimum absolute atomic E-state index is 0.00190. The van der Waals surface area contributed by atoms with Crippen LogP contribution >= 0.6 is 0 Å². The van der Waals surface area contributed by atoms with E-state index < -0.39 is 17.0 Å². The SMILES string of the molecule is CC1CS(=O)(=O)CCN1CCOc1cccc(B(O)O)c1. The van der Waals surface area contributed by atoms with E-state index in [9.17, 15) is 8.42 Å². The Morgan fingerprint density at radius 1 is 1.43 bits per heavy atom. The average molecular weight is 313 g/mol. The summed E-state index contributed by atoms with van der Waals surface area (Å²) in [6.45, 7) is 3.50. The molecule has 8 heteroatoms. The molecular formula is C13H20BNO5S. The second kappa shape index (κ2) is 6.78. The van der Waals surface area contributed by atoms with Gasteiger partial charge < -0.3 is 14.8 Å². The summed E-state index contributed by atoms with van der Waals surface area (Å²) >= 11 is 0. The molecule has 1 aromatic rings. The van der Waals surface area contributed by atoms with Crippen LogP contribution in [0.4, 0.5) is 0 Å². The van der Waals surface area contributed by atoms with E-state index >= 15 is 0 Å². The molecule has 1 aromatic carbocycles. The van der Waals surface area contributed by atoms with Crippen molar-refractivity contribution >= 4 is 22.4 Å². The number of hydrogen-bond acceptors (Lipinski definition) is 6. The second-order valence-corrected chi connectivity index (χ2v) is 7.52. The molecule has 2 rings (SSSR count). The van der Waals surface area contributed by atoms with E-state index in [4.69, 9.17) is 14.8 Å². The summed E-state index contributed by atoms with van der Waals surface area (Å²) < 4.78 is 28.6. The first-order chi connectivity index (χ1) is 9.87. The quantitative estimate of drug-likeness (QED) is 0.669. The third-order valence-corrected chi connectivity index (χ3v) is 5.41. The third-order valence-electron chi connectivity index (χ3n) is 3.61. The van der Waals surface area contributed by atoms with Crippen LogP contribution < -0.4 is 10.2 Å². The van der Waals surface area contributed by atoms with E-state index in [2.05, 4.69) is 4.90 Å². The molecule has 1 unspecified atom stereocenters. The topological polar surface area (TPSA) is 87.1 Å². The van der Waals surface area contributed by atoms with Crippen molar-refractivity contribution in [2.45, 2.75) is 13.0 Å². The largest absolute Gasteiger partial charge is 0.492 e. The first-order valence-corrected chi connectivity index (χ1v) is 8.73. The van der Waals surface area contributed by atoms with Gasteiger partial charge in [-0.1, -0.05) is 12.1 Å². The smallest absolute Gasteiger partial charge is 0.488 e. The summed E-state index contributed by atoms with van der Waals surface area (Å²) in [4.78, 5) is 2.09. The lowest BCUT2D eigenvalue weighted by molar-refractivity contribution is 0.179. The van der Waals surface area contributed by atoms with Crippen molar-refractivity contribution in [2.24, 2.45) is 0 Å². The summed E-state index contributed by atoms with van der Waals surface area (Å²) in [5.74, 6) is 0.959. The first kappa shape index (κ1) is 16.3. The number of hydrogen-bond donors (Lipinski definition) is 2. The van der Waals surface area contributed by atoms with Gasteiger partial charge >= 0.3 is 7.12 Å². The first-order valence-electron chi connectivity index (χ1n) is 6.91. The van der Waals surface area contributed by atoms with Crippen molar-refractivity contribution < 1.29 is 23.2 Å². The van der Waals surface area contributed by atoms with Crippen LogP contribution in [0.1, 0.15) is 6.92 Å². The average Bonchev–Trinajstić information content (AvgIpc) is 2.41. The molecule has 6 nitrogen and oxygen atoms in total. The third kappa shape index (κ3) is 4.71. The molecular weight excluding hydrogens is 293 g/mol. The Balaban J connectivity index is 1.83. The molecule has 1 fully saturated rings. The van der Waals surface area contributed by atoms with E-state index in [0.717, 1.165) is 0 Å². The number of nitrogens with zero attached hydrogens (tertiary/aromatic N) is 1. The van der Waals surface area contributed by atoms with Gasteiger partial charge in [-0.05, 0) is 24.5 Å². The Bertz CT molecular complexity index is 578. The normalized spacial score (nSPS) is 22.0. The molecule has 0 saturated carbocycles. The van der Waals surface area contributed by atoms with Crippen molar-refractivity contribution in [1.82, 2.24) is 4.90 Å². The van der Waals surface area contributed by atoms with E-state index in [0.29, 0.717) is 30.9 Å². The van der Waals surface area contributed by atoms with Crippen LogP contribution in [-0.2, 0) is 9.84 Å². The molecule has 0 spiro atoms. The fourth-order valence-electron chi connectivity index (χ4n) is 2.41. The molecule has 0 aromatic heterocycles. The highest BCUT2D eigenvalue weighted by Crippen LogP contribution is 2.12. The van der Waals surface area contributed by atoms with Gasteiger partial charge in [0.05, 0.1) is 11.5 Å². The highest BCUT2D eigenvalue weighted by Gasteiger charge is 2.27. The monoisotopic (exact) mass is 313 g/mol. The van der Waals surface area contributed by atoms with Gasteiger partial charge in [-0.2, -0.15) is 0 Å². The highest BCUT2D eigenvalue weighted by molar-refractivity contribution is 7.91. The fourth-order valence-corrected chi connectivity index (χ4v) is 4.04. The van der Waals surface area contributed by atoms with Gasteiger partial charge in [0.15, 0.2) is 9.84 Å². The Labute approximate surface area is 125 Å². The fraction of sp³-hybridized carbons (Fsp3) is 0.538. The minimum atomic E-state index is -2.90. The van der Waals surface area contributed by atoms with E-state index in [-0.39, 0.29) is 17.5 Å². The molecule has 0 radical (unpaired) electrons. The minimum Gasteiger partial charge on any atom is -0.492 e. The molecule has 0 amide bonds. The maximum absolute atomic E-state index is 11.5. The van der Waals surface area contributed by atoms with Gasteiger partial charge in [-0.3, -0.25) is 4.90 Å². The Hall–Kier alpha value is -1.09. The molecule has 2 N–H and O–H groups in total. The molecule has 1 saturated heterocycles. The Morgan fingerprint density at radius 2 is 2.19 bits per heavy atom. The van der Waals surface area contributed by atoms with Gasteiger partial charge in [-0.15, -0.1) is 0 Å². The predicted octanol–water partition coefficient (Wildman–Crippen LogP) is -1.14. The molecule has 0 aliphatic carbocycles. The summed E-state index contributed by atoms with van der Waals surface area (Å²) in [5.41, 5.74) is 0.380. The molecule has 1 aliphatic rings. The second-order valence-electron chi connectivity index (χ2n) is 5.29. The van der Waals surface area contributed by atoms with Crippen LogP contribution in [0.3, 0.4) is 0 Å². The number of ether oxygens (including phenoxy) is 1. The van der Waals surface area contributed by atoms with Crippen molar-refractivity contribution in [1.29, 1.82) is 0 Å². The van der Waals surface area contributed by atoms with Crippen molar-refractivity contribution in [3.05, 3.63) is 24.3 Å². The number of benzene rings is 1. The molecule has 0 bridgehead atoms. The van der Waals surface area contributed by atoms with Crippen molar-refractivity contribution in [3.8, 4) is 5.75 Å². The number of sulfone groups is 1. The maximum Gasteiger partial charge on any atom is 0.488 e. The molecule has 1 heterocycles. The van der Waals surface area contributed by atoms with E-state index in [1.807, 2.05) is 6.92 Å². The van der Waals surface area contributed by atoms with Crippen LogP contribution in [0.15, 0.2) is 24.3 Å². The zero-order valence-electron chi connectivity index (χ0n) is 12.0. The maximum atomic E-state index is 11.5. The van der Waals surface area contributed by atoms with Gasteiger partial charge in [0.1, 0.15) is 12.4 Å². The van der Waals surface area contributed by atoms with Crippen LogP contribution in [-0.4, -0.2) is 67.7 Å². The van der Waals surface area contributed by atoms with E-state index in [1.165, 1.54) is 0 Å². The summed E-state index contributed by atoms with van der Waals surface area (Å²) in [6.07, 6.45) is 0. The van der Waals surface area contributed by atoms with E-state index in [1.54, 1.807) is 24.3 Å². The predicted molar refractivity (Wildman–Crippen MR) is 81.5 cm³/mol. The molecule has 1 aliphatic heterocycles. The van der Waals surface area contributed by atoms with Crippen LogP contribution in [0.2, 0.25) is 0 Å². The van der Waals surface area contributed by atoms with Crippen molar-refractivity contribution in [2.75, 3.05) is 31.2 Å². The lowest BCUT2D eigenvalue weighted by Gasteiger charge is -2.32.